The Labute approximate surface area is 201 Å². The van der Waals surface area contributed by atoms with E-state index in [1.165, 1.54) is 12.1 Å². The maximum Gasteiger partial charge on any atom is 0.253 e. The molecule has 0 saturated carbocycles. The Morgan fingerprint density at radius 2 is 1.74 bits per heavy atom. The number of carbonyl (C=O) groups excluding carboxylic acids is 2. The van der Waals surface area contributed by atoms with Gasteiger partial charge in [-0.3, -0.25) is 19.4 Å². The molecule has 2 saturated heterocycles. The minimum atomic E-state index is -0.276. The number of carbonyl (C=O) groups is 2. The molecule has 0 atom stereocenters. The molecule has 0 spiro atoms. The Morgan fingerprint density at radius 3 is 2.49 bits per heavy atom. The van der Waals surface area contributed by atoms with E-state index >= 15 is 0 Å². The summed E-state index contributed by atoms with van der Waals surface area (Å²) in [6.07, 6.45) is 5.18. The minimum absolute atomic E-state index is 0.0136. The van der Waals surface area contributed by atoms with Gasteiger partial charge in [0.2, 0.25) is 11.9 Å². The van der Waals surface area contributed by atoms with Crippen molar-refractivity contribution in [3.63, 3.8) is 0 Å². The topological polar surface area (TPSA) is 74.6 Å². The van der Waals surface area contributed by atoms with Crippen LogP contribution in [0.2, 0.25) is 0 Å². The summed E-state index contributed by atoms with van der Waals surface area (Å²) in [5.74, 6) is 0.122. The first-order chi connectivity index (χ1) is 17.1. The average molecular weight is 471 g/mol. The van der Waals surface area contributed by atoms with Gasteiger partial charge in [0, 0.05) is 67.4 Å². The minimum Gasteiger partial charge on any atom is -0.335 e. The van der Waals surface area contributed by atoms with Crippen molar-refractivity contribution in [3.05, 3.63) is 84.6 Å². The normalized spacial score (nSPS) is 17.1. The van der Waals surface area contributed by atoms with Gasteiger partial charge < -0.3 is 9.47 Å². The van der Waals surface area contributed by atoms with Crippen LogP contribution in [0, 0.1) is 5.82 Å². The first-order valence-corrected chi connectivity index (χ1v) is 11.5. The van der Waals surface area contributed by atoms with E-state index in [0.29, 0.717) is 37.7 Å². The third-order valence-electron chi connectivity index (χ3n) is 6.75. The van der Waals surface area contributed by atoms with Crippen LogP contribution in [-0.4, -0.2) is 74.9 Å². The van der Waals surface area contributed by atoms with Crippen molar-refractivity contribution >= 4 is 28.7 Å². The van der Waals surface area contributed by atoms with E-state index in [-0.39, 0.29) is 23.7 Å². The Hall–Kier alpha value is -4.11. The number of rotatable bonds is 4. The number of likely N-dealkylation sites (tertiary alicyclic amines) is 1. The van der Waals surface area contributed by atoms with E-state index in [1.54, 1.807) is 35.5 Å². The first kappa shape index (κ1) is 21.4. The number of anilines is 1. The second-order valence-electron chi connectivity index (χ2n) is 8.86. The molecule has 4 heterocycles. The summed E-state index contributed by atoms with van der Waals surface area (Å²) in [6.45, 7) is 2.76. The van der Waals surface area contributed by atoms with Gasteiger partial charge in [0.1, 0.15) is 5.82 Å². The lowest BCUT2D eigenvalue weighted by molar-refractivity contribution is -0.123. The van der Waals surface area contributed by atoms with Crippen molar-refractivity contribution in [2.75, 3.05) is 37.6 Å². The number of nitrogens with zero attached hydrogens (tertiary/aromatic N) is 6. The van der Waals surface area contributed by atoms with Gasteiger partial charge in [0.25, 0.3) is 5.91 Å². The second kappa shape index (κ2) is 8.59. The molecular weight excluding hydrogens is 447 g/mol. The number of fused-ring (bicyclic) bond motifs is 1. The molecule has 6 rings (SSSR count). The lowest BCUT2D eigenvalue weighted by Crippen LogP contribution is -2.65. The SMILES string of the molecule is O=C(c1ccc2c(ccn2-c2ccc(F)cc2)c1)N1CC(N2CCN(c3ncccn3)C(=O)C2)C1. The zero-order chi connectivity index (χ0) is 23.9. The Balaban J connectivity index is 1.09. The summed E-state index contributed by atoms with van der Waals surface area (Å²) < 4.78 is 15.2. The molecule has 2 aliphatic rings. The fourth-order valence-electron chi connectivity index (χ4n) is 4.78. The van der Waals surface area contributed by atoms with Gasteiger partial charge in [-0.05, 0) is 54.6 Å². The van der Waals surface area contributed by atoms with Crippen LogP contribution < -0.4 is 4.90 Å². The van der Waals surface area contributed by atoms with Crippen LogP contribution in [0.5, 0.6) is 0 Å². The fraction of sp³-hybridized carbons (Fsp3) is 0.231. The first-order valence-electron chi connectivity index (χ1n) is 11.5. The summed E-state index contributed by atoms with van der Waals surface area (Å²) >= 11 is 0. The Kier molecular flexibility index (Phi) is 5.26. The molecule has 2 fully saturated rings. The van der Waals surface area contributed by atoms with Crippen molar-refractivity contribution in [2.45, 2.75) is 6.04 Å². The highest BCUT2D eigenvalue weighted by Gasteiger charge is 2.39. The number of hydrogen-bond acceptors (Lipinski definition) is 5. The molecule has 35 heavy (non-hydrogen) atoms. The van der Waals surface area contributed by atoms with Gasteiger partial charge in [-0.25, -0.2) is 14.4 Å². The van der Waals surface area contributed by atoms with Crippen molar-refractivity contribution in [1.82, 2.24) is 24.3 Å². The molecule has 0 bridgehead atoms. The fourth-order valence-corrected chi connectivity index (χ4v) is 4.78. The smallest absolute Gasteiger partial charge is 0.253 e. The lowest BCUT2D eigenvalue weighted by atomic mass is 10.0. The van der Waals surface area contributed by atoms with Crippen LogP contribution in [0.25, 0.3) is 16.6 Å². The van der Waals surface area contributed by atoms with Crippen LogP contribution >= 0.6 is 0 Å². The Morgan fingerprint density at radius 1 is 0.971 bits per heavy atom. The van der Waals surface area contributed by atoms with Crippen LogP contribution in [0.1, 0.15) is 10.4 Å². The van der Waals surface area contributed by atoms with Gasteiger partial charge in [-0.15, -0.1) is 0 Å². The van der Waals surface area contributed by atoms with Crippen molar-refractivity contribution in [2.24, 2.45) is 0 Å². The van der Waals surface area contributed by atoms with E-state index in [4.69, 9.17) is 0 Å². The molecule has 0 N–H and O–H groups in total. The zero-order valence-corrected chi connectivity index (χ0v) is 18.9. The van der Waals surface area contributed by atoms with E-state index in [9.17, 15) is 14.0 Å². The average Bonchev–Trinajstić information content (AvgIpc) is 3.27. The molecule has 2 amide bonds. The summed E-state index contributed by atoms with van der Waals surface area (Å²) in [7, 11) is 0. The lowest BCUT2D eigenvalue weighted by Gasteiger charge is -2.47. The summed E-state index contributed by atoms with van der Waals surface area (Å²) in [5.41, 5.74) is 2.45. The van der Waals surface area contributed by atoms with Gasteiger partial charge in [0.05, 0.1) is 12.1 Å². The molecule has 9 heteroatoms. The van der Waals surface area contributed by atoms with E-state index in [0.717, 1.165) is 23.1 Å². The summed E-state index contributed by atoms with van der Waals surface area (Å²) in [4.78, 5) is 39.6. The third-order valence-corrected chi connectivity index (χ3v) is 6.75. The maximum absolute atomic E-state index is 13.3. The number of hydrogen-bond donors (Lipinski definition) is 0. The predicted molar refractivity (Wildman–Crippen MR) is 129 cm³/mol. The van der Waals surface area contributed by atoms with Crippen LogP contribution in [0.15, 0.2) is 73.2 Å². The number of piperazine rings is 1. The molecule has 2 aromatic heterocycles. The van der Waals surface area contributed by atoms with E-state index in [1.807, 2.05) is 39.9 Å². The van der Waals surface area contributed by atoms with Gasteiger partial charge in [-0.2, -0.15) is 0 Å². The van der Waals surface area contributed by atoms with Gasteiger partial charge in [0.15, 0.2) is 0 Å². The summed E-state index contributed by atoms with van der Waals surface area (Å²) in [5, 5.41) is 0.946. The van der Waals surface area contributed by atoms with Crippen molar-refractivity contribution < 1.29 is 14.0 Å². The van der Waals surface area contributed by atoms with Gasteiger partial charge >= 0.3 is 0 Å². The number of benzene rings is 2. The van der Waals surface area contributed by atoms with Crippen LogP contribution in [0.3, 0.4) is 0 Å². The molecular formula is C26H23FN6O2. The zero-order valence-electron chi connectivity index (χ0n) is 18.9. The van der Waals surface area contributed by atoms with Crippen LogP contribution in [-0.2, 0) is 4.79 Å². The number of amides is 2. The van der Waals surface area contributed by atoms with Gasteiger partial charge in [-0.1, -0.05) is 0 Å². The standard InChI is InChI=1S/C26H23FN6O2/c27-20-3-5-21(6-4-20)32-11-8-18-14-19(2-7-23(18)32)25(35)31-15-22(16-31)30-12-13-33(24(34)17-30)26-28-9-1-10-29-26/h1-11,14,22H,12-13,15-17H2. The Bertz CT molecular complexity index is 1400. The number of halogens is 1. The largest absolute Gasteiger partial charge is 0.335 e. The number of aromatic nitrogens is 3. The molecule has 8 nitrogen and oxygen atoms in total. The monoisotopic (exact) mass is 470 g/mol. The molecule has 176 valence electrons. The highest BCUT2D eigenvalue weighted by Crippen LogP contribution is 2.25. The molecule has 0 radical (unpaired) electrons. The van der Waals surface area contributed by atoms with Crippen molar-refractivity contribution in [1.29, 1.82) is 0 Å². The molecule has 4 aromatic rings. The summed E-state index contributed by atoms with van der Waals surface area (Å²) in [6, 6.07) is 15.8. The van der Waals surface area contributed by atoms with Crippen molar-refractivity contribution in [3.8, 4) is 5.69 Å². The molecule has 0 aliphatic carbocycles. The highest BCUT2D eigenvalue weighted by atomic mass is 19.1. The molecule has 0 unspecified atom stereocenters. The quantitative estimate of drug-likeness (QED) is 0.459. The third kappa shape index (κ3) is 3.93. The van der Waals surface area contributed by atoms with E-state index in [2.05, 4.69) is 14.9 Å². The van der Waals surface area contributed by atoms with E-state index < -0.39 is 0 Å². The predicted octanol–water partition coefficient (Wildman–Crippen LogP) is 2.73. The molecule has 2 aliphatic heterocycles. The highest BCUT2D eigenvalue weighted by molar-refractivity contribution is 5.99. The van der Waals surface area contributed by atoms with Crippen LogP contribution in [0.4, 0.5) is 10.3 Å². The molecule has 2 aromatic carbocycles. The maximum atomic E-state index is 13.3. The second-order valence-corrected chi connectivity index (χ2v) is 8.86.